The van der Waals surface area contributed by atoms with E-state index in [0.717, 1.165) is 24.4 Å². The Morgan fingerprint density at radius 2 is 2.09 bits per heavy atom. The predicted octanol–water partition coefficient (Wildman–Crippen LogP) is 2.87. The summed E-state index contributed by atoms with van der Waals surface area (Å²) in [7, 11) is 0. The van der Waals surface area contributed by atoms with Crippen molar-refractivity contribution >= 4 is 23.4 Å². The maximum atomic E-state index is 13.5. The zero-order valence-corrected chi connectivity index (χ0v) is 13.1. The van der Waals surface area contributed by atoms with E-state index in [1.165, 1.54) is 17.8 Å². The molecule has 0 radical (unpaired) electrons. The van der Waals surface area contributed by atoms with Gasteiger partial charge in [0.25, 0.3) is 0 Å². The number of benzene rings is 1. The van der Waals surface area contributed by atoms with Gasteiger partial charge in [0, 0.05) is 19.0 Å². The molecule has 0 unspecified atom stereocenters. The highest BCUT2D eigenvalue weighted by Gasteiger charge is 2.13. The number of carbonyl (C=O) groups is 1. The topological polar surface area (TPSA) is 59.8 Å². The lowest BCUT2D eigenvalue weighted by Crippen LogP contribution is -2.15. The summed E-state index contributed by atoms with van der Waals surface area (Å²) >= 11 is 1.22. The van der Waals surface area contributed by atoms with E-state index in [0.29, 0.717) is 11.7 Å². The van der Waals surface area contributed by atoms with E-state index in [-0.39, 0.29) is 17.3 Å². The Morgan fingerprint density at radius 3 is 2.73 bits per heavy atom. The number of hydrogen-bond donors (Lipinski definition) is 1. The van der Waals surface area contributed by atoms with Gasteiger partial charge < -0.3 is 9.88 Å². The van der Waals surface area contributed by atoms with Crippen molar-refractivity contribution in [3.63, 3.8) is 0 Å². The molecule has 1 aromatic carbocycles. The van der Waals surface area contributed by atoms with Gasteiger partial charge in [-0.3, -0.25) is 4.79 Å². The van der Waals surface area contributed by atoms with Gasteiger partial charge in [0.05, 0.1) is 11.4 Å². The molecule has 22 heavy (non-hydrogen) atoms. The Hall–Kier alpha value is -1.96. The number of anilines is 1. The van der Waals surface area contributed by atoms with E-state index in [1.54, 1.807) is 0 Å². The lowest BCUT2D eigenvalue weighted by Gasteiger charge is -2.07. The van der Waals surface area contributed by atoms with Gasteiger partial charge in [-0.2, -0.15) is 0 Å². The average molecular weight is 326 g/mol. The Labute approximate surface area is 131 Å². The van der Waals surface area contributed by atoms with Crippen LogP contribution < -0.4 is 5.32 Å². The fourth-order valence-electron chi connectivity index (χ4n) is 1.91. The number of amides is 1. The van der Waals surface area contributed by atoms with E-state index in [4.69, 9.17) is 0 Å². The highest BCUT2D eigenvalue weighted by molar-refractivity contribution is 7.99. The third-order valence-corrected chi connectivity index (χ3v) is 3.93. The lowest BCUT2D eigenvalue weighted by atomic mass is 10.3. The number of nitrogens with one attached hydrogen (secondary N) is 1. The second kappa shape index (κ2) is 7.35. The Bertz CT molecular complexity index is 675. The first-order valence-electron chi connectivity index (χ1n) is 6.84. The summed E-state index contributed by atoms with van der Waals surface area (Å²) in [6, 6.07) is 3.01. The first kappa shape index (κ1) is 16.4. The zero-order valence-electron chi connectivity index (χ0n) is 12.3. The van der Waals surface area contributed by atoms with E-state index in [1.807, 2.05) is 18.4 Å². The van der Waals surface area contributed by atoms with Crippen molar-refractivity contribution in [2.24, 2.45) is 0 Å². The van der Waals surface area contributed by atoms with Crippen LogP contribution in [0.1, 0.15) is 19.7 Å². The smallest absolute Gasteiger partial charge is 0.234 e. The van der Waals surface area contributed by atoms with Crippen LogP contribution in [0.15, 0.2) is 23.4 Å². The maximum absolute atomic E-state index is 13.5. The molecule has 1 heterocycles. The Kier molecular flexibility index (Phi) is 5.48. The molecule has 0 atom stereocenters. The standard InChI is InChI=1S/C14H16F2N4OS/c1-3-12-18-19-14(20(12)4-2)22-8-13(21)17-11-6-5-9(15)7-10(11)16/h5-7H,3-4,8H2,1-2H3,(H,17,21). The number of aryl methyl sites for hydroxylation is 1. The van der Waals surface area contributed by atoms with E-state index in [9.17, 15) is 13.6 Å². The molecule has 0 aliphatic heterocycles. The molecule has 5 nitrogen and oxygen atoms in total. The number of halogens is 2. The van der Waals surface area contributed by atoms with Crippen LogP contribution in [0.25, 0.3) is 0 Å². The summed E-state index contributed by atoms with van der Waals surface area (Å²) < 4.78 is 28.2. The summed E-state index contributed by atoms with van der Waals surface area (Å²) in [5.41, 5.74) is -0.0433. The summed E-state index contributed by atoms with van der Waals surface area (Å²) in [6.45, 7) is 4.67. The van der Waals surface area contributed by atoms with Crippen LogP contribution in [0, 0.1) is 11.6 Å². The second-order valence-corrected chi connectivity index (χ2v) is 5.40. The van der Waals surface area contributed by atoms with Gasteiger partial charge in [-0.15, -0.1) is 10.2 Å². The molecule has 0 bridgehead atoms. The predicted molar refractivity (Wildman–Crippen MR) is 80.8 cm³/mol. The number of rotatable bonds is 6. The van der Waals surface area contributed by atoms with Crippen LogP contribution in [0.5, 0.6) is 0 Å². The van der Waals surface area contributed by atoms with Crippen LogP contribution in [0.4, 0.5) is 14.5 Å². The number of thioether (sulfide) groups is 1. The molecule has 0 spiro atoms. The van der Waals surface area contributed by atoms with Gasteiger partial charge in [-0.1, -0.05) is 18.7 Å². The number of carbonyl (C=O) groups excluding carboxylic acids is 1. The molecule has 0 saturated carbocycles. The molecule has 8 heteroatoms. The van der Waals surface area contributed by atoms with Crippen LogP contribution in [0.3, 0.4) is 0 Å². The first-order valence-corrected chi connectivity index (χ1v) is 7.83. The largest absolute Gasteiger partial charge is 0.323 e. The third-order valence-electron chi connectivity index (χ3n) is 2.96. The van der Waals surface area contributed by atoms with Gasteiger partial charge in [0.2, 0.25) is 5.91 Å². The molecular weight excluding hydrogens is 310 g/mol. The van der Waals surface area contributed by atoms with Crippen LogP contribution in [-0.2, 0) is 17.8 Å². The average Bonchev–Trinajstić information content (AvgIpc) is 2.90. The van der Waals surface area contributed by atoms with Crippen molar-refractivity contribution in [1.29, 1.82) is 0 Å². The lowest BCUT2D eigenvalue weighted by molar-refractivity contribution is -0.113. The van der Waals surface area contributed by atoms with Gasteiger partial charge >= 0.3 is 0 Å². The van der Waals surface area contributed by atoms with Crippen molar-refractivity contribution in [2.45, 2.75) is 32.0 Å². The van der Waals surface area contributed by atoms with E-state index in [2.05, 4.69) is 15.5 Å². The molecule has 0 saturated heterocycles. The van der Waals surface area contributed by atoms with Crippen LogP contribution in [-0.4, -0.2) is 26.4 Å². The van der Waals surface area contributed by atoms with Crippen molar-refractivity contribution in [2.75, 3.05) is 11.1 Å². The van der Waals surface area contributed by atoms with Crippen molar-refractivity contribution in [3.05, 3.63) is 35.7 Å². The fourth-order valence-corrected chi connectivity index (χ4v) is 2.73. The van der Waals surface area contributed by atoms with Crippen molar-refractivity contribution in [3.8, 4) is 0 Å². The summed E-state index contributed by atoms with van der Waals surface area (Å²) in [4.78, 5) is 11.8. The van der Waals surface area contributed by atoms with E-state index >= 15 is 0 Å². The summed E-state index contributed by atoms with van der Waals surface area (Å²) in [5.74, 6) is -0.955. The highest BCUT2D eigenvalue weighted by atomic mass is 32.2. The Balaban J connectivity index is 1.97. The SMILES string of the molecule is CCc1nnc(SCC(=O)Nc2ccc(F)cc2F)n1CC. The minimum Gasteiger partial charge on any atom is -0.323 e. The van der Waals surface area contributed by atoms with Gasteiger partial charge in [0.1, 0.15) is 17.5 Å². The molecule has 0 fully saturated rings. The normalized spacial score (nSPS) is 10.7. The molecule has 1 aromatic heterocycles. The monoisotopic (exact) mass is 326 g/mol. The summed E-state index contributed by atoms with van der Waals surface area (Å²) in [5, 5.41) is 11.1. The Morgan fingerprint density at radius 1 is 1.32 bits per heavy atom. The van der Waals surface area contributed by atoms with Gasteiger partial charge in [-0.25, -0.2) is 8.78 Å². The molecular formula is C14H16F2N4OS. The molecule has 1 amide bonds. The van der Waals surface area contributed by atoms with Crippen LogP contribution in [0.2, 0.25) is 0 Å². The molecule has 1 N–H and O–H groups in total. The quantitative estimate of drug-likeness (QED) is 0.829. The zero-order chi connectivity index (χ0) is 16.1. The number of aromatic nitrogens is 3. The van der Waals surface area contributed by atoms with Gasteiger partial charge in [0.15, 0.2) is 5.16 Å². The maximum Gasteiger partial charge on any atom is 0.234 e. The molecule has 118 valence electrons. The third kappa shape index (κ3) is 3.82. The second-order valence-electron chi connectivity index (χ2n) is 4.46. The fraction of sp³-hybridized carbons (Fsp3) is 0.357. The molecule has 2 aromatic rings. The van der Waals surface area contributed by atoms with Gasteiger partial charge in [-0.05, 0) is 19.1 Å². The van der Waals surface area contributed by atoms with Crippen molar-refractivity contribution < 1.29 is 13.6 Å². The molecule has 0 aliphatic rings. The molecule has 0 aliphatic carbocycles. The number of nitrogens with zero attached hydrogens (tertiary/aromatic N) is 3. The van der Waals surface area contributed by atoms with E-state index < -0.39 is 11.6 Å². The number of hydrogen-bond acceptors (Lipinski definition) is 4. The minimum atomic E-state index is -0.802. The van der Waals surface area contributed by atoms with Crippen LogP contribution >= 0.6 is 11.8 Å². The van der Waals surface area contributed by atoms with Crippen molar-refractivity contribution in [1.82, 2.24) is 14.8 Å². The summed E-state index contributed by atoms with van der Waals surface area (Å²) in [6.07, 6.45) is 0.758. The highest BCUT2D eigenvalue weighted by Crippen LogP contribution is 2.19. The first-order chi connectivity index (χ1) is 10.5. The minimum absolute atomic E-state index is 0.0433. The molecule has 2 rings (SSSR count).